The lowest BCUT2D eigenvalue weighted by Crippen LogP contribution is -2.27. The maximum atomic E-state index is 12.1. The van der Waals surface area contributed by atoms with Crippen LogP contribution in [0.2, 0.25) is 0 Å². The largest absolute Gasteiger partial charge is 0.373 e. The number of nitrogens with zero attached hydrogens (tertiary/aromatic N) is 1. The predicted octanol–water partition coefficient (Wildman–Crippen LogP) is 2.54. The number of anilines is 1. The number of hydrogen-bond acceptors (Lipinski definition) is 3. The minimum Gasteiger partial charge on any atom is -0.373 e. The van der Waals surface area contributed by atoms with Gasteiger partial charge in [-0.3, -0.25) is 4.79 Å². The predicted molar refractivity (Wildman–Crippen MR) is 77.2 cm³/mol. The zero-order valence-corrected chi connectivity index (χ0v) is 12.4. The zero-order valence-electron chi connectivity index (χ0n) is 12.4. The Bertz CT molecular complexity index is 480. The summed E-state index contributed by atoms with van der Waals surface area (Å²) in [6, 6.07) is 3.50. The average Bonchev–Trinajstić information content (AvgIpc) is 2.77. The molecule has 0 aromatic carbocycles. The van der Waals surface area contributed by atoms with E-state index in [0.717, 1.165) is 6.54 Å². The van der Waals surface area contributed by atoms with Crippen LogP contribution in [0.1, 0.15) is 38.1 Å². The van der Waals surface area contributed by atoms with Crippen molar-refractivity contribution in [1.82, 2.24) is 10.3 Å². The van der Waals surface area contributed by atoms with E-state index in [-0.39, 0.29) is 5.91 Å². The summed E-state index contributed by atoms with van der Waals surface area (Å²) in [4.78, 5) is 16.2. The van der Waals surface area contributed by atoms with Crippen molar-refractivity contribution in [3.05, 3.63) is 23.9 Å². The summed E-state index contributed by atoms with van der Waals surface area (Å²) in [7, 11) is 1.79. The van der Waals surface area contributed by atoms with Gasteiger partial charge in [-0.2, -0.15) is 0 Å². The molecule has 1 amide bonds. The number of rotatable bonds is 4. The fourth-order valence-electron chi connectivity index (χ4n) is 2.85. The monoisotopic (exact) mass is 261 g/mol. The molecule has 2 N–H and O–H groups in total. The van der Waals surface area contributed by atoms with Crippen LogP contribution in [-0.2, 0) is 0 Å². The van der Waals surface area contributed by atoms with Crippen LogP contribution in [0, 0.1) is 16.7 Å². The van der Waals surface area contributed by atoms with Crippen LogP contribution in [0.25, 0.3) is 0 Å². The second-order valence-electron chi connectivity index (χ2n) is 6.39. The number of carbonyl (C=O) groups excluding carboxylic acids is 1. The van der Waals surface area contributed by atoms with Gasteiger partial charge in [0.1, 0.15) is 5.82 Å². The van der Waals surface area contributed by atoms with Crippen LogP contribution in [0.4, 0.5) is 5.82 Å². The molecule has 1 aromatic rings. The van der Waals surface area contributed by atoms with E-state index in [1.165, 1.54) is 0 Å². The highest BCUT2D eigenvalue weighted by Crippen LogP contribution is 2.67. The highest BCUT2D eigenvalue weighted by Gasteiger charge is 2.64. The molecule has 0 atom stereocenters. The van der Waals surface area contributed by atoms with Crippen molar-refractivity contribution in [2.24, 2.45) is 16.7 Å². The number of hydrogen-bond donors (Lipinski definition) is 2. The van der Waals surface area contributed by atoms with Crippen LogP contribution in [0.3, 0.4) is 0 Å². The van der Waals surface area contributed by atoms with Crippen molar-refractivity contribution in [2.45, 2.75) is 27.7 Å². The summed E-state index contributed by atoms with van der Waals surface area (Å²) < 4.78 is 0. The summed E-state index contributed by atoms with van der Waals surface area (Å²) in [6.07, 6.45) is 1.64. The Kier molecular flexibility index (Phi) is 3.29. The molecule has 0 saturated heterocycles. The molecule has 4 heteroatoms. The van der Waals surface area contributed by atoms with Crippen molar-refractivity contribution in [3.8, 4) is 0 Å². The Morgan fingerprint density at radius 3 is 2.47 bits per heavy atom. The first-order chi connectivity index (χ1) is 8.80. The van der Waals surface area contributed by atoms with Gasteiger partial charge in [0.15, 0.2) is 0 Å². The molecule has 1 fully saturated rings. The first-order valence-corrected chi connectivity index (χ1v) is 6.72. The Hall–Kier alpha value is -1.58. The molecule has 1 aliphatic rings. The standard InChI is InChI=1S/C15H23N3O/c1-14(2)11(15(14,3)4)9-18-13(19)10-6-7-17-12(8-10)16-5/h6-8,11H,9H2,1-5H3,(H,16,17)(H,18,19). The summed E-state index contributed by atoms with van der Waals surface area (Å²) >= 11 is 0. The molecular weight excluding hydrogens is 238 g/mol. The maximum Gasteiger partial charge on any atom is 0.251 e. The number of pyridine rings is 1. The second-order valence-corrected chi connectivity index (χ2v) is 6.39. The minimum absolute atomic E-state index is 0.0302. The van der Waals surface area contributed by atoms with Crippen molar-refractivity contribution < 1.29 is 4.79 Å². The van der Waals surface area contributed by atoms with Gasteiger partial charge in [-0.25, -0.2) is 4.98 Å². The molecule has 0 unspecified atom stereocenters. The zero-order chi connectivity index (χ0) is 14.3. The third-order valence-electron chi connectivity index (χ3n) is 5.06. The lowest BCUT2D eigenvalue weighted by Gasteiger charge is -2.07. The summed E-state index contributed by atoms with van der Waals surface area (Å²) in [6.45, 7) is 9.77. The summed E-state index contributed by atoms with van der Waals surface area (Å²) in [5.41, 5.74) is 1.25. The molecule has 1 saturated carbocycles. The van der Waals surface area contributed by atoms with Gasteiger partial charge < -0.3 is 10.6 Å². The number of aromatic nitrogens is 1. The smallest absolute Gasteiger partial charge is 0.251 e. The van der Waals surface area contributed by atoms with E-state index in [1.807, 2.05) is 0 Å². The lowest BCUT2D eigenvalue weighted by atomic mass is 10.0. The molecule has 104 valence electrons. The van der Waals surface area contributed by atoms with Crippen LogP contribution in [-0.4, -0.2) is 24.5 Å². The third kappa shape index (κ3) is 2.31. The molecule has 0 bridgehead atoms. The van der Waals surface area contributed by atoms with Gasteiger partial charge in [0.25, 0.3) is 5.91 Å². The SMILES string of the molecule is CNc1cc(C(=O)NCC2C(C)(C)C2(C)C)ccn1. The number of amides is 1. The topological polar surface area (TPSA) is 54.0 Å². The first-order valence-electron chi connectivity index (χ1n) is 6.72. The molecule has 0 aliphatic heterocycles. The van der Waals surface area contributed by atoms with Gasteiger partial charge >= 0.3 is 0 Å². The molecule has 19 heavy (non-hydrogen) atoms. The third-order valence-corrected chi connectivity index (χ3v) is 5.06. The van der Waals surface area contributed by atoms with Crippen LogP contribution >= 0.6 is 0 Å². The molecule has 0 radical (unpaired) electrons. The molecule has 1 aliphatic carbocycles. The van der Waals surface area contributed by atoms with Gasteiger partial charge in [0.2, 0.25) is 0 Å². The van der Waals surface area contributed by atoms with Crippen molar-refractivity contribution in [3.63, 3.8) is 0 Å². The van der Waals surface area contributed by atoms with Crippen LogP contribution < -0.4 is 10.6 Å². The van der Waals surface area contributed by atoms with Crippen molar-refractivity contribution in [1.29, 1.82) is 0 Å². The maximum absolute atomic E-state index is 12.1. The fraction of sp³-hybridized carbons (Fsp3) is 0.600. The summed E-state index contributed by atoms with van der Waals surface area (Å²) in [5.74, 6) is 1.21. The van der Waals surface area contributed by atoms with Crippen LogP contribution in [0.5, 0.6) is 0 Å². The highest BCUT2D eigenvalue weighted by atomic mass is 16.1. The Labute approximate surface area is 115 Å². The van der Waals surface area contributed by atoms with E-state index in [2.05, 4.69) is 43.3 Å². The van der Waals surface area contributed by atoms with E-state index in [4.69, 9.17) is 0 Å². The summed E-state index contributed by atoms with van der Waals surface area (Å²) in [5, 5.41) is 5.96. The first kappa shape index (κ1) is 13.8. The molecule has 1 heterocycles. The number of nitrogens with one attached hydrogen (secondary N) is 2. The fourth-order valence-corrected chi connectivity index (χ4v) is 2.85. The average molecular weight is 261 g/mol. The van der Waals surface area contributed by atoms with Gasteiger partial charge in [0.05, 0.1) is 0 Å². The molecule has 0 spiro atoms. The van der Waals surface area contributed by atoms with Gasteiger partial charge in [-0.05, 0) is 28.9 Å². The van der Waals surface area contributed by atoms with Crippen molar-refractivity contribution >= 4 is 11.7 Å². The lowest BCUT2D eigenvalue weighted by molar-refractivity contribution is 0.0950. The highest BCUT2D eigenvalue weighted by molar-refractivity contribution is 5.94. The normalized spacial score (nSPS) is 19.8. The van der Waals surface area contributed by atoms with Gasteiger partial charge in [-0.1, -0.05) is 27.7 Å². The molecule has 1 aromatic heterocycles. The molecule has 2 rings (SSSR count). The Morgan fingerprint density at radius 1 is 1.32 bits per heavy atom. The quantitative estimate of drug-likeness (QED) is 0.875. The van der Waals surface area contributed by atoms with E-state index < -0.39 is 0 Å². The van der Waals surface area contributed by atoms with Gasteiger partial charge in [-0.15, -0.1) is 0 Å². The Morgan fingerprint density at radius 2 is 1.95 bits per heavy atom. The van der Waals surface area contributed by atoms with Crippen molar-refractivity contribution in [2.75, 3.05) is 18.9 Å². The van der Waals surface area contributed by atoms with E-state index in [9.17, 15) is 4.79 Å². The van der Waals surface area contributed by atoms with Crippen LogP contribution in [0.15, 0.2) is 18.3 Å². The Balaban J connectivity index is 1.96. The molecule has 4 nitrogen and oxygen atoms in total. The van der Waals surface area contributed by atoms with E-state index in [0.29, 0.717) is 28.1 Å². The van der Waals surface area contributed by atoms with E-state index in [1.54, 1.807) is 25.4 Å². The van der Waals surface area contributed by atoms with Gasteiger partial charge in [0, 0.05) is 25.4 Å². The minimum atomic E-state index is -0.0302. The second kappa shape index (κ2) is 4.51. The molecular formula is C15H23N3O. The number of carbonyl (C=O) groups is 1. The van der Waals surface area contributed by atoms with E-state index >= 15 is 0 Å².